The van der Waals surface area contributed by atoms with Crippen molar-refractivity contribution in [2.75, 3.05) is 5.73 Å². The minimum atomic E-state index is -0.391. The van der Waals surface area contributed by atoms with Crippen LogP contribution < -0.4 is 5.73 Å². The summed E-state index contributed by atoms with van der Waals surface area (Å²) < 4.78 is 12.2. The van der Waals surface area contributed by atoms with Crippen molar-refractivity contribution in [3.63, 3.8) is 0 Å². The average molecular weight is 170 g/mol. The van der Waals surface area contributed by atoms with Crippen molar-refractivity contribution in [3.05, 3.63) is 23.8 Å². The molecule has 4 nitrogen and oxygen atoms in total. The van der Waals surface area contributed by atoms with Gasteiger partial charge in [-0.1, -0.05) is 0 Å². The lowest BCUT2D eigenvalue weighted by Gasteiger charge is -1.95. The number of hydrogen-bond acceptors (Lipinski definition) is 4. The number of carbonyl (C=O) groups excluding carboxylic acids is 2. The topological polar surface area (TPSA) is 73.0 Å². The first kappa shape index (κ1) is 10.3. The Balaban J connectivity index is 0.000000354. The molecule has 0 aliphatic carbocycles. The molecule has 64 valence electrons. The number of nitrogens with zero attached hydrogens (tertiary/aromatic N) is 1. The Morgan fingerprint density at radius 1 is 1.58 bits per heavy atom. The lowest BCUT2D eigenvalue weighted by atomic mass is 10.3. The van der Waals surface area contributed by atoms with E-state index in [4.69, 9.17) is 15.3 Å². The van der Waals surface area contributed by atoms with Gasteiger partial charge in [0.15, 0.2) is 0 Å². The second kappa shape index (κ2) is 4.98. The predicted octanol–water partition coefficient (Wildman–Crippen LogP) is 0.528. The Bertz CT molecular complexity index is 295. The monoisotopic (exact) mass is 170 g/mol. The van der Waals surface area contributed by atoms with E-state index in [1.807, 2.05) is 0 Å². The van der Waals surface area contributed by atoms with E-state index < -0.39 is 5.82 Å². The van der Waals surface area contributed by atoms with Gasteiger partial charge in [0.25, 0.3) is 0 Å². The van der Waals surface area contributed by atoms with Gasteiger partial charge in [0.1, 0.15) is 5.82 Å². The van der Waals surface area contributed by atoms with Gasteiger partial charge in [-0.05, 0) is 6.92 Å². The maximum Gasteiger partial charge on any atom is 0.373 e. The number of halogens is 1. The second-order valence-corrected chi connectivity index (χ2v) is 1.91. The second-order valence-electron chi connectivity index (χ2n) is 1.91. The molecule has 0 bridgehead atoms. The Hall–Kier alpha value is -1.74. The molecule has 0 radical (unpaired) electrons. The third-order valence-corrected chi connectivity index (χ3v) is 1.09. The molecule has 1 aromatic rings. The summed E-state index contributed by atoms with van der Waals surface area (Å²) in [6.07, 6.45) is 1.39. The number of nitrogens with two attached hydrogens (primary N) is 1. The molecule has 2 N–H and O–H groups in total. The lowest BCUT2D eigenvalue weighted by Crippen LogP contribution is -1.92. The molecule has 0 atom stereocenters. The predicted molar refractivity (Wildman–Crippen MR) is 38.4 cm³/mol. The molecular weight excluding hydrogens is 163 g/mol. The number of nitrogen functional groups attached to an aromatic ring is 1. The van der Waals surface area contributed by atoms with Crippen LogP contribution in [0, 0.1) is 12.7 Å². The molecule has 0 aromatic carbocycles. The minimum absolute atomic E-state index is 0.250. The summed E-state index contributed by atoms with van der Waals surface area (Å²) >= 11 is 0. The van der Waals surface area contributed by atoms with Gasteiger partial charge in [-0.25, -0.2) is 4.39 Å². The summed E-state index contributed by atoms with van der Waals surface area (Å²) in [4.78, 5) is 19.9. The quantitative estimate of drug-likeness (QED) is 0.616. The van der Waals surface area contributed by atoms with E-state index >= 15 is 0 Å². The maximum atomic E-state index is 12.2. The highest BCUT2D eigenvalue weighted by Crippen LogP contribution is 2.06. The Labute approximate surface area is 68.2 Å². The molecule has 0 amide bonds. The van der Waals surface area contributed by atoms with Gasteiger partial charge in [-0.2, -0.15) is 9.59 Å². The van der Waals surface area contributed by atoms with Gasteiger partial charge in [0.2, 0.25) is 0 Å². The fourth-order valence-electron chi connectivity index (χ4n) is 0.523. The largest absolute Gasteiger partial charge is 0.397 e. The molecule has 0 aliphatic rings. The van der Waals surface area contributed by atoms with Crippen LogP contribution in [0.15, 0.2) is 12.3 Å². The number of aromatic nitrogens is 1. The fraction of sp³-hybridized carbons (Fsp3) is 0.143. The number of anilines is 1. The first-order chi connectivity index (χ1) is 5.61. The summed E-state index contributed by atoms with van der Waals surface area (Å²) in [6, 6.07) is 1.25. The molecule has 1 heterocycles. The number of rotatable bonds is 0. The molecule has 1 rings (SSSR count). The van der Waals surface area contributed by atoms with E-state index in [2.05, 4.69) is 4.98 Å². The minimum Gasteiger partial charge on any atom is -0.397 e. The Morgan fingerprint density at radius 3 is 2.42 bits per heavy atom. The first-order valence-corrected chi connectivity index (χ1v) is 2.98. The molecule has 0 spiro atoms. The maximum absolute atomic E-state index is 12.2. The molecule has 1 aromatic heterocycles. The van der Waals surface area contributed by atoms with Crippen LogP contribution in [0.5, 0.6) is 0 Å². The van der Waals surface area contributed by atoms with Crippen molar-refractivity contribution in [1.82, 2.24) is 4.98 Å². The Morgan fingerprint density at radius 2 is 2.08 bits per heavy atom. The van der Waals surface area contributed by atoms with E-state index in [9.17, 15) is 4.39 Å². The summed E-state index contributed by atoms with van der Waals surface area (Å²) in [7, 11) is 0. The van der Waals surface area contributed by atoms with Crippen LogP contribution in [0.2, 0.25) is 0 Å². The summed E-state index contributed by atoms with van der Waals surface area (Å²) in [5, 5.41) is 0. The van der Waals surface area contributed by atoms with Crippen molar-refractivity contribution in [1.29, 1.82) is 0 Å². The third kappa shape index (κ3) is 3.43. The van der Waals surface area contributed by atoms with Crippen molar-refractivity contribution in [2.45, 2.75) is 6.92 Å². The van der Waals surface area contributed by atoms with Gasteiger partial charge in [0, 0.05) is 6.07 Å². The Kier molecular flexibility index (Phi) is 4.26. The fourth-order valence-corrected chi connectivity index (χ4v) is 0.523. The molecule has 0 aliphatic heterocycles. The van der Waals surface area contributed by atoms with Crippen LogP contribution in [0.1, 0.15) is 5.69 Å². The standard InChI is InChI=1S/C6H7FN2.CO2/c1-4-6(8)2-5(7)3-9-4;2-1-3/h2-3H,8H2,1H3;. The SMILES string of the molecule is Cc1ncc(F)cc1N.O=C=O. The third-order valence-electron chi connectivity index (χ3n) is 1.09. The lowest BCUT2D eigenvalue weighted by molar-refractivity contribution is -0.191. The van der Waals surface area contributed by atoms with Gasteiger partial charge < -0.3 is 5.73 Å². The van der Waals surface area contributed by atoms with E-state index in [0.29, 0.717) is 11.4 Å². The zero-order valence-electron chi connectivity index (χ0n) is 6.37. The van der Waals surface area contributed by atoms with Crippen LogP contribution in [0.4, 0.5) is 10.1 Å². The van der Waals surface area contributed by atoms with E-state index in [1.165, 1.54) is 6.07 Å². The zero-order chi connectivity index (χ0) is 9.56. The van der Waals surface area contributed by atoms with Crippen molar-refractivity contribution in [2.24, 2.45) is 0 Å². The summed E-state index contributed by atoms with van der Waals surface area (Å²) in [6.45, 7) is 1.73. The molecule has 5 heteroatoms. The van der Waals surface area contributed by atoms with Gasteiger partial charge >= 0.3 is 6.15 Å². The highest BCUT2D eigenvalue weighted by molar-refractivity contribution is 5.41. The van der Waals surface area contributed by atoms with E-state index in [-0.39, 0.29) is 6.15 Å². The van der Waals surface area contributed by atoms with Crippen LogP contribution in [0.25, 0.3) is 0 Å². The number of pyridine rings is 1. The van der Waals surface area contributed by atoms with Crippen LogP contribution >= 0.6 is 0 Å². The molecule has 0 saturated heterocycles. The highest BCUT2D eigenvalue weighted by atomic mass is 19.1. The zero-order valence-corrected chi connectivity index (χ0v) is 6.37. The molecule has 0 saturated carbocycles. The van der Waals surface area contributed by atoms with Crippen LogP contribution in [0.3, 0.4) is 0 Å². The van der Waals surface area contributed by atoms with E-state index in [0.717, 1.165) is 6.20 Å². The van der Waals surface area contributed by atoms with E-state index in [1.54, 1.807) is 6.92 Å². The van der Waals surface area contributed by atoms with Crippen molar-refractivity contribution >= 4 is 11.8 Å². The van der Waals surface area contributed by atoms with Crippen LogP contribution in [-0.2, 0) is 9.59 Å². The molecule has 0 fully saturated rings. The van der Waals surface area contributed by atoms with Crippen molar-refractivity contribution < 1.29 is 14.0 Å². The smallest absolute Gasteiger partial charge is 0.373 e. The summed E-state index contributed by atoms with van der Waals surface area (Å²) in [5.41, 5.74) is 6.38. The van der Waals surface area contributed by atoms with Gasteiger partial charge in [0.05, 0.1) is 17.6 Å². The average Bonchev–Trinajstić information content (AvgIpc) is 1.99. The molecule has 12 heavy (non-hydrogen) atoms. The molecular formula is C7H7FN2O2. The van der Waals surface area contributed by atoms with Gasteiger partial charge in [-0.15, -0.1) is 0 Å². The molecule has 0 unspecified atom stereocenters. The number of aryl methyl sites for hydroxylation is 1. The first-order valence-electron chi connectivity index (χ1n) is 2.98. The van der Waals surface area contributed by atoms with Crippen molar-refractivity contribution in [3.8, 4) is 0 Å². The highest BCUT2D eigenvalue weighted by Gasteiger charge is 1.94. The summed E-state index contributed by atoms with van der Waals surface area (Å²) in [5.74, 6) is -0.391. The normalized spacial score (nSPS) is 7.83. The van der Waals surface area contributed by atoms with Crippen LogP contribution in [-0.4, -0.2) is 11.1 Å². The number of hydrogen-bond donors (Lipinski definition) is 1. The van der Waals surface area contributed by atoms with Gasteiger partial charge in [-0.3, -0.25) is 4.98 Å².